The second-order valence-electron chi connectivity index (χ2n) is 6.64. The maximum Gasteiger partial charge on any atom is 0.353 e. The van der Waals surface area contributed by atoms with Crippen LogP contribution in [0.3, 0.4) is 0 Å². The fraction of sp³-hybridized carbons (Fsp3) is 0.600. The molecule has 1 amide bonds. The quantitative estimate of drug-likeness (QED) is 0.557. The van der Waals surface area contributed by atoms with E-state index >= 15 is 0 Å². The van der Waals surface area contributed by atoms with Crippen LogP contribution in [0.25, 0.3) is 0 Å². The summed E-state index contributed by atoms with van der Waals surface area (Å²) in [4.78, 5) is 30.3. The first-order valence-electron chi connectivity index (χ1n) is 7.95. The van der Waals surface area contributed by atoms with Crippen LogP contribution in [0.2, 0.25) is 0 Å². The Morgan fingerprint density at radius 2 is 2.29 bits per heavy atom. The van der Waals surface area contributed by atoms with Crippen molar-refractivity contribution in [2.75, 3.05) is 0 Å². The van der Waals surface area contributed by atoms with Gasteiger partial charge in [-0.05, 0) is 11.9 Å². The highest BCUT2D eigenvalue weighted by Gasteiger charge is 2.60. The Balaban J connectivity index is 1.61. The lowest BCUT2D eigenvalue weighted by Crippen LogP contribution is -2.63. The number of rotatable bonds is 4. The van der Waals surface area contributed by atoms with Crippen LogP contribution in [0.4, 0.5) is 0 Å². The maximum atomic E-state index is 12.3. The molecule has 0 aromatic carbocycles. The highest BCUT2D eigenvalue weighted by atomic mass is 32.2. The minimum absolute atomic E-state index is 0.0820. The van der Waals surface area contributed by atoms with Crippen molar-refractivity contribution >= 4 is 23.6 Å². The zero-order valence-electron chi connectivity index (χ0n) is 13.4. The lowest BCUT2D eigenvalue weighted by atomic mass is 9.79. The van der Waals surface area contributed by atoms with E-state index in [1.165, 1.54) is 16.7 Å². The molecule has 4 atom stereocenters. The molecule has 0 bridgehead atoms. The second kappa shape index (κ2) is 5.32. The number of aromatic nitrogens is 3. The van der Waals surface area contributed by atoms with Crippen LogP contribution in [0, 0.1) is 11.8 Å². The van der Waals surface area contributed by atoms with Crippen molar-refractivity contribution in [1.82, 2.24) is 14.6 Å². The lowest BCUT2D eigenvalue weighted by Gasteiger charge is -2.46. The van der Waals surface area contributed by atoms with Gasteiger partial charge in [-0.25, -0.2) is 4.79 Å². The molecule has 1 fully saturated rings. The lowest BCUT2D eigenvalue weighted by molar-refractivity contribution is -0.758. The number of fused-ring (bicyclic) bond motifs is 2. The molecule has 4 rings (SSSR count). The van der Waals surface area contributed by atoms with Gasteiger partial charge in [-0.3, -0.25) is 4.79 Å². The summed E-state index contributed by atoms with van der Waals surface area (Å²) < 4.78 is 3.99. The molecule has 0 unspecified atom stereocenters. The molecule has 1 saturated heterocycles. The molecule has 2 N–H and O–H groups in total. The van der Waals surface area contributed by atoms with Crippen molar-refractivity contribution in [2.24, 2.45) is 11.8 Å². The number of carboxylic acid groups (broad SMARTS) is 1. The fourth-order valence-electron chi connectivity index (χ4n) is 4.03. The second-order valence-corrected chi connectivity index (χ2v) is 7.98. The van der Waals surface area contributed by atoms with Crippen LogP contribution in [0.1, 0.15) is 13.8 Å². The van der Waals surface area contributed by atoms with E-state index in [2.05, 4.69) is 4.98 Å². The van der Waals surface area contributed by atoms with Gasteiger partial charge in [0, 0.05) is 10.8 Å². The molecular weight excluding hydrogens is 332 g/mol. The minimum atomic E-state index is -1.07. The third-order valence-corrected chi connectivity index (χ3v) is 6.57. The SMILES string of the molecule is C[C@H](O)[C@H]1C(=O)N2C(C(=O)O)=C(SC3Cn4cnc[n+]4C3)[C@H](C)[C@H]12. The first-order valence-corrected chi connectivity index (χ1v) is 8.83. The molecule has 24 heavy (non-hydrogen) atoms. The molecule has 3 aliphatic rings. The first-order chi connectivity index (χ1) is 11.4. The summed E-state index contributed by atoms with van der Waals surface area (Å²) in [6.07, 6.45) is 2.74. The number of carboxylic acids is 1. The van der Waals surface area contributed by atoms with E-state index in [9.17, 15) is 19.8 Å². The number of aliphatic carboxylic acids is 1. The van der Waals surface area contributed by atoms with Crippen molar-refractivity contribution in [3.8, 4) is 0 Å². The highest BCUT2D eigenvalue weighted by Crippen LogP contribution is 2.51. The molecule has 0 spiro atoms. The third-order valence-electron chi connectivity index (χ3n) is 5.12. The van der Waals surface area contributed by atoms with Crippen molar-refractivity contribution in [3.05, 3.63) is 23.3 Å². The Morgan fingerprint density at radius 1 is 1.54 bits per heavy atom. The van der Waals surface area contributed by atoms with Crippen molar-refractivity contribution in [1.29, 1.82) is 0 Å². The van der Waals surface area contributed by atoms with E-state index < -0.39 is 18.0 Å². The normalized spacial score (nSPS) is 32.6. The topological polar surface area (TPSA) is 99.5 Å². The van der Waals surface area contributed by atoms with Crippen LogP contribution in [-0.4, -0.2) is 54.1 Å². The number of aliphatic hydroxyl groups is 1. The van der Waals surface area contributed by atoms with E-state index in [4.69, 9.17) is 0 Å². The van der Waals surface area contributed by atoms with Gasteiger partial charge >= 0.3 is 12.3 Å². The minimum Gasteiger partial charge on any atom is -0.477 e. The Hall–Kier alpha value is -1.87. The van der Waals surface area contributed by atoms with E-state index in [0.717, 1.165) is 18.0 Å². The molecule has 3 aliphatic heterocycles. The maximum absolute atomic E-state index is 12.3. The van der Waals surface area contributed by atoms with Crippen LogP contribution < -0.4 is 4.68 Å². The summed E-state index contributed by atoms with van der Waals surface area (Å²) >= 11 is 1.54. The number of aliphatic hydroxyl groups excluding tert-OH is 1. The van der Waals surface area contributed by atoms with Crippen molar-refractivity contribution < 1.29 is 24.5 Å². The number of hydrogen-bond donors (Lipinski definition) is 2. The summed E-state index contributed by atoms with van der Waals surface area (Å²) in [5.74, 6) is -1.95. The summed E-state index contributed by atoms with van der Waals surface area (Å²) in [5.41, 5.74) is 0.0964. The average molecular weight is 351 g/mol. The summed E-state index contributed by atoms with van der Waals surface area (Å²) in [6, 6.07) is -0.249. The number of thioether (sulfide) groups is 1. The summed E-state index contributed by atoms with van der Waals surface area (Å²) in [7, 11) is 0. The Morgan fingerprint density at radius 3 is 2.92 bits per heavy atom. The van der Waals surface area contributed by atoms with Crippen molar-refractivity contribution in [2.45, 2.75) is 44.3 Å². The Bertz CT molecular complexity index is 738. The van der Waals surface area contributed by atoms with Crippen LogP contribution in [0.5, 0.6) is 0 Å². The molecule has 0 radical (unpaired) electrons. The van der Waals surface area contributed by atoms with E-state index in [1.807, 2.05) is 16.3 Å². The van der Waals surface area contributed by atoms with Gasteiger partial charge in [0.1, 0.15) is 12.2 Å². The molecule has 8 nitrogen and oxygen atoms in total. The van der Waals surface area contributed by atoms with Gasteiger partial charge < -0.3 is 15.1 Å². The van der Waals surface area contributed by atoms with Gasteiger partial charge in [0.2, 0.25) is 12.2 Å². The predicted octanol–water partition coefficient (Wildman–Crippen LogP) is -0.560. The largest absolute Gasteiger partial charge is 0.477 e. The molecule has 4 heterocycles. The number of carbonyl (C=O) groups excluding carboxylic acids is 1. The van der Waals surface area contributed by atoms with Crippen LogP contribution >= 0.6 is 11.8 Å². The number of amides is 1. The smallest absolute Gasteiger partial charge is 0.353 e. The van der Waals surface area contributed by atoms with E-state index in [1.54, 1.807) is 19.6 Å². The van der Waals surface area contributed by atoms with Crippen LogP contribution in [-0.2, 0) is 22.7 Å². The standard InChI is InChI=1S/C15H18N4O4S/c1-7-11-10(8(2)20)14(21)19(11)12(15(22)23)13(7)24-9-3-17-5-16-6-18(17)4-9/h5-11,20H,3-4H2,1-2H3/p+1/t7-,8+,10-,11-/m1/s1. The summed E-state index contributed by atoms with van der Waals surface area (Å²) in [5, 5.41) is 19.7. The van der Waals surface area contributed by atoms with Crippen LogP contribution in [0.15, 0.2) is 23.3 Å². The number of carbonyl (C=O) groups is 2. The van der Waals surface area contributed by atoms with Gasteiger partial charge in [0.25, 0.3) is 0 Å². The van der Waals surface area contributed by atoms with Gasteiger partial charge in [0.05, 0.1) is 29.9 Å². The molecule has 0 saturated carbocycles. The predicted molar refractivity (Wildman–Crippen MR) is 83.4 cm³/mol. The monoisotopic (exact) mass is 351 g/mol. The molecule has 128 valence electrons. The number of nitrogens with zero attached hydrogens (tertiary/aromatic N) is 4. The number of β-lactam (4-membered cyclic amide) rings is 1. The Kier molecular flexibility index (Phi) is 3.47. The molecule has 1 aromatic heterocycles. The third kappa shape index (κ3) is 2.04. The fourth-order valence-corrected chi connectivity index (χ4v) is 5.49. The van der Waals surface area contributed by atoms with Gasteiger partial charge in [0.15, 0.2) is 0 Å². The number of hydrogen-bond acceptors (Lipinski definition) is 5. The van der Waals surface area contributed by atoms with E-state index in [0.29, 0.717) is 0 Å². The highest BCUT2D eigenvalue weighted by molar-refractivity contribution is 8.03. The Labute approximate surface area is 142 Å². The van der Waals surface area contributed by atoms with E-state index in [-0.39, 0.29) is 28.8 Å². The van der Waals surface area contributed by atoms with Crippen molar-refractivity contribution in [3.63, 3.8) is 0 Å². The zero-order chi connectivity index (χ0) is 17.2. The molecule has 9 heteroatoms. The average Bonchev–Trinajstić information content (AvgIpc) is 3.12. The van der Waals surface area contributed by atoms with Gasteiger partial charge in [-0.15, -0.1) is 11.8 Å². The molecule has 0 aliphatic carbocycles. The molecule has 1 aromatic rings. The van der Waals surface area contributed by atoms with Gasteiger partial charge in [-0.1, -0.05) is 6.92 Å². The zero-order valence-corrected chi connectivity index (χ0v) is 14.2. The molecular formula is C15H19N4O4S+. The van der Waals surface area contributed by atoms with Gasteiger partial charge in [-0.2, -0.15) is 9.36 Å². The first kappa shape index (κ1) is 15.6. The summed E-state index contributed by atoms with van der Waals surface area (Å²) in [6.45, 7) is 5.05.